The van der Waals surface area contributed by atoms with E-state index in [1.165, 1.54) is 11.3 Å². The summed E-state index contributed by atoms with van der Waals surface area (Å²) in [6.45, 7) is 6.54. The molecule has 0 spiro atoms. The molecule has 6 heteroatoms. The largest absolute Gasteiger partial charge is 0.346 e. The van der Waals surface area contributed by atoms with Crippen molar-refractivity contribution < 1.29 is 13.6 Å². The van der Waals surface area contributed by atoms with Gasteiger partial charge in [-0.15, -0.1) is 11.3 Å². The average Bonchev–Trinajstić information content (AvgIpc) is 2.94. The molecule has 3 aliphatic heterocycles. The number of nitrogens with zero attached hydrogens (tertiary/aromatic N) is 1. The van der Waals surface area contributed by atoms with E-state index in [0.717, 1.165) is 38.1 Å². The van der Waals surface area contributed by atoms with Crippen LogP contribution in [0.25, 0.3) is 10.1 Å². The Kier molecular flexibility index (Phi) is 3.65. The van der Waals surface area contributed by atoms with Gasteiger partial charge in [0.15, 0.2) is 11.6 Å². The van der Waals surface area contributed by atoms with E-state index in [1.807, 2.05) is 0 Å². The predicted molar refractivity (Wildman–Crippen MR) is 91.4 cm³/mol. The van der Waals surface area contributed by atoms with Crippen LogP contribution in [0.4, 0.5) is 8.78 Å². The first-order valence-electron chi connectivity index (χ1n) is 8.31. The number of fused-ring (bicyclic) bond motifs is 4. The fraction of sp³-hybridized carbons (Fsp3) is 0.500. The summed E-state index contributed by atoms with van der Waals surface area (Å²) in [6, 6.07) is 4.05. The SMILES string of the molecule is CC1(C)[C@H](NC(=O)c2cc3cc(F)c(F)cc3s2)C2CCN1CC2. The summed E-state index contributed by atoms with van der Waals surface area (Å²) in [5.74, 6) is -1.41. The van der Waals surface area contributed by atoms with Crippen LogP contribution in [0, 0.1) is 17.6 Å². The normalized spacial score (nSPS) is 28.2. The monoisotopic (exact) mass is 350 g/mol. The number of amides is 1. The lowest BCUT2D eigenvalue weighted by molar-refractivity contribution is -0.0377. The molecule has 1 N–H and O–H groups in total. The number of halogens is 2. The van der Waals surface area contributed by atoms with Crippen molar-refractivity contribution in [1.82, 2.24) is 10.2 Å². The first-order chi connectivity index (χ1) is 11.4. The van der Waals surface area contributed by atoms with Gasteiger partial charge >= 0.3 is 0 Å². The first-order valence-corrected chi connectivity index (χ1v) is 9.12. The average molecular weight is 350 g/mol. The molecule has 5 rings (SSSR count). The Morgan fingerprint density at radius 3 is 2.54 bits per heavy atom. The van der Waals surface area contributed by atoms with Crippen LogP contribution in [0.1, 0.15) is 36.4 Å². The van der Waals surface area contributed by atoms with E-state index >= 15 is 0 Å². The summed E-state index contributed by atoms with van der Waals surface area (Å²) in [7, 11) is 0. The fourth-order valence-electron chi connectivity index (χ4n) is 4.24. The molecule has 128 valence electrons. The summed E-state index contributed by atoms with van der Waals surface area (Å²) in [4.78, 5) is 15.6. The highest BCUT2D eigenvalue weighted by atomic mass is 32.1. The van der Waals surface area contributed by atoms with Crippen LogP contribution in [-0.4, -0.2) is 35.5 Å². The summed E-state index contributed by atoms with van der Waals surface area (Å²) in [5, 5.41) is 3.76. The molecule has 0 unspecified atom stereocenters. The number of carbonyl (C=O) groups excluding carboxylic acids is 1. The van der Waals surface area contributed by atoms with Gasteiger partial charge in [0.25, 0.3) is 5.91 Å². The zero-order chi connectivity index (χ0) is 17.1. The molecule has 2 bridgehead atoms. The molecule has 0 saturated carbocycles. The Balaban J connectivity index is 1.60. The third kappa shape index (κ3) is 2.43. The smallest absolute Gasteiger partial charge is 0.261 e. The minimum absolute atomic E-state index is 0.0638. The Morgan fingerprint density at radius 1 is 1.21 bits per heavy atom. The topological polar surface area (TPSA) is 32.3 Å². The highest BCUT2D eigenvalue weighted by molar-refractivity contribution is 7.20. The van der Waals surface area contributed by atoms with Crippen LogP contribution in [0.2, 0.25) is 0 Å². The lowest BCUT2D eigenvalue weighted by atomic mass is 9.72. The summed E-state index contributed by atoms with van der Waals surface area (Å²) in [6.07, 6.45) is 2.22. The van der Waals surface area contributed by atoms with Crippen molar-refractivity contribution >= 4 is 27.3 Å². The van der Waals surface area contributed by atoms with Gasteiger partial charge in [0.05, 0.1) is 4.88 Å². The summed E-state index contributed by atoms with van der Waals surface area (Å²) in [5.41, 5.74) is -0.0638. The Bertz CT molecular complexity index is 770. The Labute approximate surface area is 143 Å². The molecule has 0 radical (unpaired) electrons. The zero-order valence-corrected chi connectivity index (χ0v) is 14.6. The Morgan fingerprint density at radius 2 is 1.88 bits per heavy atom. The van der Waals surface area contributed by atoms with Gasteiger partial charge in [-0.05, 0) is 69.3 Å². The number of thiophene rings is 1. The molecule has 3 saturated heterocycles. The number of piperidine rings is 3. The molecule has 3 aliphatic rings. The van der Waals surface area contributed by atoms with Crippen molar-refractivity contribution in [2.45, 2.75) is 38.3 Å². The number of hydrogen-bond acceptors (Lipinski definition) is 3. The third-order valence-corrected chi connectivity index (χ3v) is 6.75. The molecule has 1 amide bonds. The van der Waals surface area contributed by atoms with Crippen LogP contribution in [0.5, 0.6) is 0 Å². The van der Waals surface area contributed by atoms with Crippen LogP contribution in [0.3, 0.4) is 0 Å². The number of carbonyl (C=O) groups is 1. The summed E-state index contributed by atoms with van der Waals surface area (Å²) < 4.78 is 27.3. The lowest BCUT2D eigenvalue weighted by Gasteiger charge is -2.56. The van der Waals surface area contributed by atoms with E-state index in [9.17, 15) is 13.6 Å². The summed E-state index contributed by atoms with van der Waals surface area (Å²) >= 11 is 1.20. The molecule has 1 atom stereocenters. The van der Waals surface area contributed by atoms with Crippen LogP contribution in [0.15, 0.2) is 18.2 Å². The molecule has 24 heavy (non-hydrogen) atoms. The van der Waals surface area contributed by atoms with Crippen molar-refractivity contribution in [3.63, 3.8) is 0 Å². The van der Waals surface area contributed by atoms with Gasteiger partial charge < -0.3 is 5.32 Å². The number of benzene rings is 1. The molecule has 2 aromatic rings. The quantitative estimate of drug-likeness (QED) is 0.894. The molecule has 1 aromatic carbocycles. The molecule has 0 aliphatic carbocycles. The van der Waals surface area contributed by atoms with Crippen molar-refractivity contribution in [3.8, 4) is 0 Å². The number of hydrogen-bond donors (Lipinski definition) is 1. The van der Waals surface area contributed by atoms with Crippen molar-refractivity contribution in [1.29, 1.82) is 0 Å². The minimum Gasteiger partial charge on any atom is -0.346 e. The third-order valence-electron chi connectivity index (χ3n) is 5.66. The van der Waals surface area contributed by atoms with Gasteiger partial charge in [-0.2, -0.15) is 0 Å². The van der Waals surface area contributed by atoms with Gasteiger partial charge in [-0.25, -0.2) is 8.78 Å². The van der Waals surface area contributed by atoms with E-state index in [-0.39, 0.29) is 17.5 Å². The van der Waals surface area contributed by atoms with Gasteiger partial charge in [0, 0.05) is 16.3 Å². The Hall–Kier alpha value is -1.53. The highest BCUT2D eigenvalue weighted by Gasteiger charge is 2.48. The van der Waals surface area contributed by atoms with E-state index in [4.69, 9.17) is 0 Å². The second-order valence-corrected chi connectivity index (χ2v) is 8.43. The minimum atomic E-state index is -0.884. The molecular formula is C18H20F2N2OS. The van der Waals surface area contributed by atoms with Crippen LogP contribution in [-0.2, 0) is 0 Å². The molecule has 3 nitrogen and oxygen atoms in total. The van der Waals surface area contributed by atoms with E-state index in [2.05, 4.69) is 24.1 Å². The van der Waals surface area contributed by atoms with Gasteiger partial charge in [0.1, 0.15) is 0 Å². The van der Waals surface area contributed by atoms with E-state index in [1.54, 1.807) is 6.07 Å². The number of rotatable bonds is 2. The molecular weight excluding hydrogens is 330 g/mol. The maximum Gasteiger partial charge on any atom is 0.261 e. The highest BCUT2D eigenvalue weighted by Crippen LogP contribution is 2.39. The zero-order valence-electron chi connectivity index (χ0n) is 13.7. The maximum atomic E-state index is 13.4. The van der Waals surface area contributed by atoms with Crippen molar-refractivity contribution in [3.05, 3.63) is 34.7 Å². The molecule has 3 fully saturated rings. The number of nitrogens with one attached hydrogen (secondary N) is 1. The van der Waals surface area contributed by atoms with E-state index in [0.29, 0.717) is 20.9 Å². The predicted octanol–water partition coefficient (Wildman–Crippen LogP) is 3.78. The van der Waals surface area contributed by atoms with Gasteiger partial charge in [0.2, 0.25) is 0 Å². The second kappa shape index (κ2) is 5.49. The van der Waals surface area contributed by atoms with Crippen molar-refractivity contribution in [2.24, 2.45) is 5.92 Å². The maximum absolute atomic E-state index is 13.4. The first kappa shape index (κ1) is 16.0. The molecule has 1 aromatic heterocycles. The lowest BCUT2D eigenvalue weighted by Crippen LogP contribution is -2.69. The van der Waals surface area contributed by atoms with Gasteiger partial charge in [-0.1, -0.05) is 0 Å². The van der Waals surface area contributed by atoms with Gasteiger partial charge in [-0.3, -0.25) is 9.69 Å². The van der Waals surface area contributed by atoms with Crippen LogP contribution >= 0.6 is 11.3 Å². The second-order valence-electron chi connectivity index (χ2n) is 7.34. The molecule has 4 heterocycles. The fourth-order valence-corrected chi connectivity index (χ4v) is 5.21. The van der Waals surface area contributed by atoms with E-state index < -0.39 is 11.6 Å². The van der Waals surface area contributed by atoms with Crippen molar-refractivity contribution in [2.75, 3.05) is 13.1 Å². The van der Waals surface area contributed by atoms with Crippen LogP contribution < -0.4 is 5.32 Å². The standard InChI is InChI=1S/C18H20F2N2OS/c1-18(2)16(10-3-5-22(18)6-4-10)21-17(23)15-8-11-7-12(19)13(20)9-14(11)24-15/h7-10,16H,3-6H2,1-2H3,(H,21,23)/t16-/m1/s1.